The van der Waals surface area contributed by atoms with Crippen molar-refractivity contribution < 1.29 is 4.79 Å². The monoisotopic (exact) mass is 479 g/mol. The molecule has 0 unspecified atom stereocenters. The predicted molar refractivity (Wildman–Crippen MR) is 141 cm³/mol. The highest BCUT2D eigenvalue weighted by molar-refractivity contribution is 7.10. The summed E-state index contributed by atoms with van der Waals surface area (Å²) in [5.74, 6) is 1.32. The Kier molecular flexibility index (Phi) is 8.06. The Morgan fingerprint density at radius 2 is 1.82 bits per heavy atom. The number of para-hydroxylation sites is 1. The maximum Gasteiger partial charge on any atom is 0.228 e. The lowest BCUT2D eigenvalue weighted by Gasteiger charge is -2.37. The predicted octanol–water partition coefficient (Wildman–Crippen LogP) is 4.75. The van der Waals surface area contributed by atoms with Gasteiger partial charge in [-0.25, -0.2) is 4.68 Å². The Labute approximate surface area is 207 Å². The summed E-state index contributed by atoms with van der Waals surface area (Å²) in [6, 6.07) is 14.6. The molecule has 0 N–H and O–H groups in total. The summed E-state index contributed by atoms with van der Waals surface area (Å²) in [5, 5.41) is 7.03. The fourth-order valence-electron chi connectivity index (χ4n) is 4.63. The molecule has 0 radical (unpaired) electrons. The van der Waals surface area contributed by atoms with Crippen LogP contribution in [0.1, 0.15) is 43.3 Å². The molecule has 2 aromatic heterocycles. The second-order valence-corrected chi connectivity index (χ2v) is 10.1. The Bertz CT molecular complexity index is 1050. The van der Waals surface area contributed by atoms with Gasteiger partial charge in [0, 0.05) is 42.7 Å². The topological polar surface area (TPSA) is 44.6 Å². The van der Waals surface area contributed by atoms with Gasteiger partial charge in [-0.15, -0.1) is 11.3 Å². The number of aromatic nitrogens is 2. The number of carbonyl (C=O) groups excluding carboxylic acids is 1. The molecule has 1 amide bonds. The third-order valence-electron chi connectivity index (χ3n) is 6.95. The van der Waals surface area contributed by atoms with E-state index in [0.29, 0.717) is 13.0 Å². The molecule has 0 aliphatic carbocycles. The zero-order chi connectivity index (χ0) is 24.1. The number of hydrogen-bond donors (Lipinski definition) is 0. The quantitative estimate of drug-likeness (QED) is 0.444. The van der Waals surface area contributed by atoms with Crippen molar-refractivity contribution in [3.8, 4) is 5.69 Å². The third kappa shape index (κ3) is 5.36. The summed E-state index contributed by atoms with van der Waals surface area (Å²) in [6.45, 7) is 14.3. The fraction of sp³-hybridized carbons (Fsp3) is 0.481. The summed E-state index contributed by atoms with van der Waals surface area (Å²) in [4.78, 5) is 21.6. The van der Waals surface area contributed by atoms with Crippen molar-refractivity contribution in [2.24, 2.45) is 0 Å². The van der Waals surface area contributed by atoms with Crippen molar-refractivity contribution >= 4 is 23.1 Å². The third-order valence-corrected chi connectivity index (χ3v) is 7.83. The minimum absolute atomic E-state index is 0.164. The summed E-state index contributed by atoms with van der Waals surface area (Å²) in [5.41, 5.74) is 3.22. The van der Waals surface area contributed by atoms with Crippen molar-refractivity contribution in [2.75, 3.05) is 37.6 Å². The number of hydrogen-bond acceptors (Lipinski definition) is 5. The highest BCUT2D eigenvalue weighted by atomic mass is 32.1. The van der Waals surface area contributed by atoms with E-state index in [2.05, 4.69) is 77.4 Å². The lowest BCUT2D eigenvalue weighted by atomic mass is 10.1. The molecule has 34 heavy (non-hydrogen) atoms. The number of anilines is 1. The van der Waals surface area contributed by atoms with Gasteiger partial charge in [0.2, 0.25) is 5.91 Å². The van der Waals surface area contributed by atoms with Crippen LogP contribution in [0.3, 0.4) is 0 Å². The van der Waals surface area contributed by atoms with E-state index in [1.54, 1.807) is 11.3 Å². The van der Waals surface area contributed by atoms with Crippen LogP contribution in [0.4, 0.5) is 5.82 Å². The van der Waals surface area contributed by atoms with Gasteiger partial charge in [-0.1, -0.05) is 38.1 Å². The van der Waals surface area contributed by atoms with Gasteiger partial charge in [0.15, 0.2) is 0 Å². The van der Waals surface area contributed by atoms with Gasteiger partial charge in [0.25, 0.3) is 0 Å². The molecule has 1 fully saturated rings. The second kappa shape index (κ2) is 11.2. The summed E-state index contributed by atoms with van der Waals surface area (Å²) < 4.78 is 2.09. The molecule has 3 heterocycles. The molecule has 7 heteroatoms. The number of likely N-dealkylation sites (N-methyl/N-ethyl adjacent to an activating group) is 1. The smallest absolute Gasteiger partial charge is 0.228 e. The number of carbonyl (C=O) groups is 1. The number of thiophene rings is 1. The molecule has 6 nitrogen and oxygen atoms in total. The standard InChI is InChI=1S/C27H37N5OS/c1-5-21(3)31(26(33)19-24-13-10-18-34-24)20-25-22(4)28-32(23-11-8-7-9-12-23)27(25)30-16-14-29(6-2)15-17-30/h7-13,18,21H,5-6,14-17,19-20H2,1-4H3/t21-/m0/s1. The van der Waals surface area contributed by atoms with Crippen molar-refractivity contribution in [1.29, 1.82) is 0 Å². The molecule has 0 saturated carbocycles. The first-order valence-corrected chi connectivity index (χ1v) is 13.3. The summed E-state index contributed by atoms with van der Waals surface area (Å²) in [6.07, 6.45) is 1.38. The van der Waals surface area contributed by atoms with Crippen LogP contribution < -0.4 is 4.90 Å². The van der Waals surface area contributed by atoms with E-state index in [0.717, 1.165) is 66.8 Å². The first-order chi connectivity index (χ1) is 16.5. The van der Waals surface area contributed by atoms with E-state index in [1.165, 1.54) is 0 Å². The molecule has 1 saturated heterocycles. The average Bonchev–Trinajstić information content (AvgIpc) is 3.50. The van der Waals surface area contributed by atoms with Crippen molar-refractivity contribution in [2.45, 2.75) is 53.1 Å². The Balaban J connectivity index is 1.70. The maximum atomic E-state index is 13.5. The Hall–Kier alpha value is -2.64. The van der Waals surface area contributed by atoms with Crippen LogP contribution in [-0.2, 0) is 17.8 Å². The molecule has 1 aliphatic rings. The first-order valence-electron chi connectivity index (χ1n) is 12.4. The fourth-order valence-corrected chi connectivity index (χ4v) is 5.32. The minimum Gasteiger partial charge on any atom is -0.354 e. The van der Waals surface area contributed by atoms with E-state index in [4.69, 9.17) is 5.10 Å². The van der Waals surface area contributed by atoms with Crippen molar-refractivity contribution in [3.05, 3.63) is 64.0 Å². The van der Waals surface area contributed by atoms with Crippen LogP contribution in [0.15, 0.2) is 47.8 Å². The highest BCUT2D eigenvalue weighted by Gasteiger charge is 2.29. The molecule has 0 spiro atoms. The number of rotatable bonds is 9. The molecule has 182 valence electrons. The van der Waals surface area contributed by atoms with Crippen LogP contribution in [0.2, 0.25) is 0 Å². The van der Waals surface area contributed by atoms with E-state index in [1.807, 2.05) is 17.5 Å². The molecular formula is C27H37N5OS. The number of benzene rings is 1. The number of piperazine rings is 1. The van der Waals surface area contributed by atoms with E-state index >= 15 is 0 Å². The number of nitrogens with zero attached hydrogens (tertiary/aromatic N) is 5. The molecule has 1 atom stereocenters. The Morgan fingerprint density at radius 3 is 2.44 bits per heavy atom. The zero-order valence-corrected chi connectivity index (χ0v) is 21.7. The lowest BCUT2D eigenvalue weighted by molar-refractivity contribution is -0.133. The maximum absolute atomic E-state index is 13.5. The largest absolute Gasteiger partial charge is 0.354 e. The van der Waals surface area contributed by atoms with E-state index < -0.39 is 0 Å². The summed E-state index contributed by atoms with van der Waals surface area (Å²) >= 11 is 1.65. The van der Waals surface area contributed by atoms with Crippen molar-refractivity contribution in [1.82, 2.24) is 19.6 Å². The molecule has 0 bridgehead atoms. The van der Waals surface area contributed by atoms with Gasteiger partial charge in [0.05, 0.1) is 24.3 Å². The lowest BCUT2D eigenvalue weighted by Crippen LogP contribution is -2.47. The SMILES string of the molecule is CC[C@H](C)N(Cc1c(C)nn(-c2ccccc2)c1N1CCN(CC)CC1)C(=O)Cc1cccs1. The minimum atomic E-state index is 0.164. The number of aryl methyl sites for hydroxylation is 1. The van der Waals surface area contributed by atoms with Gasteiger partial charge in [-0.3, -0.25) is 4.79 Å². The van der Waals surface area contributed by atoms with Gasteiger partial charge in [0.1, 0.15) is 5.82 Å². The normalized spacial score (nSPS) is 15.5. The van der Waals surface area contributed by atoms with Crippen LogP contribution in [0, 0.1) is 6.92 Å². The van der Waals surface area contributed by atoms with Crippen LogP contribution in [-0.4, -0.2) is 64.3 Å². The Morgan fingerprint density at radius 1 is 1.09 bits per heavy atom. The molecule has 1 aromatic carbocycles. The van der Waals surface area contributed by atoms with Crippen LogP contribution in [0.25, 0.3) is 5.69 Å². The van der Waals surface area contributed by atoms with Gasteiger partial charge >= 0.3 is 0 Å². The number of amides is 1. The van der Waals surface area contributed by atoms with Gasteiger partial charge in [-0.05, 0) is 50.4 Å². The van der Waals surface area contributed by atoms with Crippen LogP contribution >= 0.6 is 11.3 Å². The van der Waals surface area contributed by atoms with Gasteiger partial charge in [-0.2, -0.15) is 5.10 Å². The average molecular weight is 480 g/mol. The highest BCUT2D eigenvalue weighted by Crippen LogP contribution is 2.30. The van der Waals surface area contributed by atoms with E-state index in [9.17, 15) is 4.79 Å². The first kappa shape index (κ1) is 24.5. The second-order valence-electron chi connectivity index (χ2n) is 9.09. The van der Waals surface area contributed by atoms with Crippen molar-refractivity contribution in [3.63, 3.8) is 0 Å². The molecular weight excluding hydrogens is 442 g/mol. The van der Waals surface area contributed by atoms with E-state index in [-0.39, 0.29) is 11.9 Å². The van der Waals surface area contributed by atoms with Crippen LogP contribution in [0.5, 0.6) is 0 Å². The molecule has 1 aliphatic heterocycles. The molecule has 3 aromatic rings. The van der Waals surface area contributed by atoms with Gasteiger partial charge < -0.3 is 14.7 Å². The summed E-state index contributed by atoms with van der Waals surface area (Å²) in [7, 11) is 0. The zero-order valence-electron chi connectivity index (χ0n) is 20.9. The molecule has 4 rings (SSSR count).